The molecule has 0 radical (unpaired) electrons. The van der Waals surface area contributed by atoms with E-state index in [9.17, 15) is 4.79 Å². The Bertz CT molecular complexity index is 684. The van der Waals surface area contributed by atoms with Gasteiger partial charge in [0, 0.05) is 21.8 Å². The molecule has 0 N–H and O–H groups in total. The van der Waals surface area contributed by atoms with Crippen LogP contribution in [0.15, 0.2) is 46.3 Å². The summed E-state index contributed by atoms with van der Waals surface area (Å²) in [7, 11) is 0. The van der Waals surface area contributed by atoms with Gasteiger partial charge in [0.2, 0.25) is 5.91 Å². The summed E-state index contributed by atoms with van der Waals surface area (Å²) < 4.78 is 1.13. The number of rotatable bonds is 3. The van der Waals surface area contributed by atoms with Crippen LogP contribution in [0.5, 0.6) is 0 Å². The van der Waals surface area contributed by atoms with E-state index in [0.717, 1.165) is 30.3 Å². The van der Waals surface area contributed by atoms with Gasteiger partial charge in [-0.05, 0) is 48.3 Å². The summed E-state index contributed by atoms with van der Waals surface area (Å²) in [4.78, 5) is 16.4. The van der Waals surface area contributed by atoms with E-state index < -0.39 is 0 Å². The molecule has 22 heavy (non-hydrogen) atoms. The van der Waals surface area contributed by atoms with E-state index in [0.29, 0.717) is 17.9 Å². The predicted molar refractivity (Wildman–Crippen MR) is 93.0 cm³/mol. The van der Waals surface area contributed by atoms with E-state index in [4.69, 9.17) is 0 Å². The quantitative estimate of drug-likeness (QED) is 0.740. The maximum atomic E-state index is 12.9. The van der Waals surface area contributed by atoms with Crippen LogP contribution in [-0.4, -0.2) is 17.4 Å². The number of halogens is 1. The predicted octanol–water partition coefficient (Wildman–Crippen LogP) is 4.98. The molecule has 1 saturated heterocycles. The minimum absolute atomic E-state index is 0.180. The van der Waals surface area contributed by atoms with Crippen molar-refractivity contribution in [1.82, 2.24) is 4.90 Å². The number of carbonyl (C=O) groups is 1. The molecule has 2 aromatic rings. The van der Waals surface area contributed by atoms with Gasteiger partial charge in [0.05, 0.1) is 6.04 Å². The largest absolute Gasteiger partial charge is 0.335 e. The van der Waals surface area contributed by atoms with Crippen LogP contribution in [-0.2, 0) is 4.79 Å². The van der Waals surface area contributed by atoms with Crippen LogP contribution in [0.4, 0.5) is 0 Å². The lowest BCUT2D eigenvalue weighted by Gasteiger charge is -2.24. The topological polar surface area (TPSA) is 20.3 Å². The van der Waals surface area contributed by atoms with Crippen LogP contribution in [0, 0.1) is 5.92 Å². The van der Waals surface area contributed by atoms with Gasteiger partial charge in [-0.25, -0.2) is 0 Å². The molecule has 2 heterocycles. The Morgan fingerprint density at radius 1 is 1.23 bits per heavy atom. The lowest BCUT2D eigenvalue weighted by molar-refractivity contribution is -0.133. The second-order valence-corrected chi connectivity index (χ2v) is 8.01. The number of benzene rings is 1. The van der Waals surface area contributed by atoms with Crippen molar-refractivity contribution < 1.29 is 4.79 Å². The maximum Gasteiger partial charge on any atom is 0.226 e. The SMILES string of the molecule is O=C(C1CC1c1ccccc1Br)N1CCCC1c1cccs1. The molecule has 2 nitrogen and oxygen atoms in total. The summed E-state index contributed by atoms with van der Waals surface area (Å²) in [6, 6.07) is 12.9. The number of thiophene rings is 1. The number of hydrogen-bond acceptors (Lipinski definition) is 2. The van der Waals surface area contributed by atoms with Gasteiger partial charge < -0.3 is 4.90 Å². The standard InChI is InChI=1S/C18H18BrNOS/c19-15-6-2-1-5-12(15)13-11-14(13)18(21)20-9-3-7-16(20)17-8-4-10-22-17/h1-2,4-6,8,10,13-14,16H,3,7,9,11H2. The van der Waals surface area contributed by atoms with E-state index >= 15 is 0 Å². The zero-order valence-corrected chi connectivity index (χ0v) is 14.6. The molecule has 3 unspecified atom stereocenters. The molecule has 1 amide bonds. The van der Waals surface area contributed by atoms with Crippen LogP contribution in [0.25, 0.3) is 0 Å². The Morgan fingerprint density at radius 3 is 2.86 bits per heavy atom. The highest BCUT2D eigenvalue weighted by Gasteiger charge is 2.48. The van der Waals surface area contributed by atoms with Crippen molar-refractivity contribution in [3.63, 3.8) is 0 Å². The molecule has 4 rings (SSSR count). The molecule has 1 aliphatic carbocycles. The summed E-state index contributed by atoms with van der Waals surface area (Å²) in [6.07, 6.45) is 3.23. The van der Waals surface area contributed by atoms with Gasteiger partial charge in [-0.15, -0.1) is 11.3 Å². The monoisotopic (exact) mass is 375 g/mol. The summed E-state index contributed by atoms with van der Waals surface area (Å²) in [5.74, 6) is 0.934. The highest BCUT2D eigenvalue weighted by molar-refractivity contribution is 9.10. The van der Waals surface area contributed by atoms with Crippen molar-refractivity contribution in [1.29, 1.82) is 0 Å². The Balaban J connectivity index is 1.50. The van der Waals surface area contributed by atoms with Gasteiger partial charge in [-0.1, -0.05) is 40.2 Å². The van der Waals surface area contributed by atoms with E-state index in [2.05, 4.69) is 56.5 Å². The molecule has 3 atom stereocenters. The van der Waals surface area contributed by atoms with Crippen molar-refractivity contribution in [2.24, 2.45) is 5.92 Å². The van der Waals surface area contributed by atoms with Crippen LogP contribution < -0.4 is 0 Å². The van der Waals surface area contributed by atoms with Crippen LogP contribution >= 0.6 is 27.3 Å². The molecule has 1 aromatic heterocycles. The molecule has 114 valence electrons. The summed E-state index contributed by atoms with van der Waals surface area (Å²) >= 11 is 5.39. The summed E-state index contributed by atoms with van der Waals surface area (Å²) in [6.45, 7) is 0.917. The normalized spacial score (nSPS) is 27.1. The molecule has 1 saturated carbocycles. The fraction of sp³-hybridized carbons (Fsp3) is 0.389. The third kappa shape index (κ3) is 2.52. The van der Waals surface area contributed by atoms with E-state index in [1.165, 1.54) is 10.4 Å². The highest BCUT2D eigenvalue weighted by Crippen LogP contribution is 2.52. The van der Waals surface area contributed by atoms with Crippen LogP contribution in [0.2, 0.25) is 0 Å². The van der Waals surface area contributed by atoms with Crippen molar-refractivity contribution in [3.8, 4) is 0 Å². The van der Waals surface area contributed by atoms with Crippen molar-refractivity contribution >= 4 is 33.2 Å². The van der Waals surface area contributed by atoms with Gasteiger partial charge in [-0.2, -0.15) is 0 Å². The molecule has 1 aliphatic heterocycles. The number of nitrogens with zero attached hydrogens (tertiary/aromatic N) is 1. The summed E-state index contributed by atoms with van der Waals surface area (Å²) in [5.41, 5.74) is 1.28. The van der Waals surface area contributed by atoms with E-state index in [1.807, 2.05) is 6.07 Å². The Hall–Kier alpha value is -1.13. The third-order valence-corrected chi connectivity index (χ3v) is 6.52. The molecule has 0 spiro atoms. The zero-order chi connectivity index (χ0) is 15.1. The fourth-order valence-electron chi connectivity index (χ4n) is 3.61. The lowest BCUT2D eigenvalue weighted by Crippen LogP contribution is -2.31. The smallest absolute Gasteiger partial charge is 0.226 e. The first-order valence-electron chi connectivity index (χ1n) is 7.84. The van der Waals surface area contributed by atoms with Crippen LogP contribution in [0.3, 0.4) is 0 Å². The first-order chi connectivity index (χ1) is 10.8. The van der Waals surface area contributed by atoms with Crippen molar-refractivity contribution in [2.75, 3.05) is 6.54 Å². The Labute approximate surface area is 143 Å². The molecule has 4 heteroatoms. The molecular formula is C18H18BrNOS. The van der Waals surface area contributed by atoms with Gasteiger partial charge in [0.25, 0.3) is 0 Å². The number of carbonyl (C=O) groups excluding carboxylic acids is 1. The van der Waals surface area contributed by atoms with Gasteiger partial charge in [-0.3, -0.25) is 4.79 Å². The number of amides is 1. The molecule has 2 aliphatic rings. The van der Waals surface area contributed by atoms with Gasteiger partial charge in [0.15, 0.2) is 0 Å². The minimum Gasteiger partial charge on any atom is -0.335 e. The van der Waals surface area contributed by atoms with Gasteiger partial charge in [0.1, 0.15) is 0 Å². The first kappa shape index (κ1) is 14.5. The Morgan fingerprint density at radius 2 is 2.09 bits per heavy atom. The second-order valence-electron chi connectivity index (χ2n) is 6.18. The summed E-state index contributed by atoms with van der Waals surface area (Å²) in [5, 5.41) is 2.11. The lowest BCUT2D eigenvalue weighted by atomic mass is 10.1. The maximum absolute atomic E-state index is 12.9. The van der Waals surface area contributed by atoms with E-state index in [1.54, 1.807) is 11.3 Å². The minimum atomic E-state index is 0.180. The molecule has 1 aromatic carbocycles. The number of likely N-dealkylation sites (tertiary alicyclic amines) is 1. The van der Waals surface area contributed by atoms with Gasteiger partial charge >= 0.3 is 0 Å². The molecule has 2 fully saturated rings. The van der Waals surface area contributed by atoms with Crippen LogP contribution in [0.1, 0.15) is 41.7 Å². The molecular weight excluding hydrogens is 358 g/mol. The zero-order valence-electron chi connectivity index (χ0n) is 12.2. The molecule has 0 bridgehead atoms. The fourth-order valence-corrected chi connectivity index (χ4v) is 5.06. The second kappa shape index (κ2) is 5.82. The average Bonchev–Trinajstić information content (AvgIpc) is 2.93. The number of hydrogen-bond donors (Lipinski definition) is 0. The third-order valence-electron chi connectivity index (χ3n) is 4.82. The Kier molecular flexibility index (Phi) is 3.82. The van der Waals surface area contributed by atoms with E-state index in [-0.39, 0.29) is 5.92 Å². The van der Waals surface area contributed by atoms with Crippen molar-refractivity contribution in [3.05, 3.63) is 56.7 Å². The highest BCUT2D eigenvalue weighted by atomic mass is 79.9. The first-order valence-corrected chi connectivity index (χ1v) is 9.51. The van der Waals surface area contributed by atoms with Crippen molar-refractivity contribution in [2.45, 2.75) is 31.2 Å². The average molecular weight is 376 g/mol.